The molecule has 5 heterocycles. The average Bonchev–Trinajstić information content (AvgIpc) is 4.44. The SMILES string of the molecule is O=[N+]([O-])c1cc(-c2ccc3c(c2)c2ccccc2n3-c2ccccc2)ccc1C1=CC=CC2C1c1cccc3c4cc(-c5cccc(-c6ccc7c(c6)c6cccc8c9c(-c%10ccccc%10[N+](=O)[O-])cccc9n7c68)c5)ccc4n2c13. The van der Waals surface area contributed by atoms with Gasteiger partial charge in [-0.2, -0.15) is 0 Å². The summed E-state index contributed by atoms with van der Waals surface area (Å²) in [6, 6.07) is 79.1. The standard InChI is InChI=1S/C72H43N5O4/c78-76(79)65-26-7-5-17-49(65)52-19-11-27-66-69(52)56-23-9-21-54-59-39-44(31-35-63(59)74(66)71(54)56)42-13-8-14-43(37-42)45-32-36-64-60(40-45)55-22-10-24-57-70-53(20-12-28-67(70)75(64)72(55)57)51-33-29-47(41-68(51)77(80)81)46-30-34-62-58(38-46)50-18-4-6-25-61(50)73(62)48-15-2-1-3-16-48/h1-41,67,70H. The molecule has 2 unspecified atom stereocenters. The zero-order chi connectivity index (χ0) is 53.8. The molecule has 0 saturated carbocycles. The van der Waals surface area contributed by atoms with Gasteiger partial charge in [-0.3, -0.25) is 20.2 Å². The van der Waals surface area contributed by atoms with E-state index in [0.717, 1.165) is 127 Å². The fourth-order valence-corrected chi connectivity index (χ4v) is 14.2. The summed E-state index contributed by atoms with van der Waals surface area (Å²) in [6.45, 7) is 0. The summed E-state index contributed by atoms with van der Waals surface area (Å²) in [5.74, 6) is -0.114. The van der Waals surface area contributed by atoms with E-state index in [1.807, 2.05) is 42.5 Å². The smallest absolute Gasteiger partial charge is 0.277 e. The molecule has 15 aromatic rings. The minimum absolute atomic E-state index is 0.0710. The topological polar surface area (TPSA) is 101 Å². The van der Waals surface area contributed by atoms with Gasteiger partial charge in [0.2, 0.25) is 0 Å². The number of aromatic nitrogens is 3. The molecule has 17 rings (SSSR count). The maximum absolute atomic E-state index is 13.2. The summed E-state index contributed by atoms with van der Waals surface area (Å²) in [7, 11) is 0. The van der Waals surface area contributed by atoms with Gasteiger partial charge in [0.15, 0.2) is 0 Å². The maximum Gasteiger partial charge on any atom is 0.277 e. The minimum Gasteiger partial charge on any atom is -0.332 e. The molecule has 0 radical (unpaired) electrons. The van der Waals surface area contributed by atoms with Gasteiger partial charge in [-0.1, -0.05) is 158 Å². The number of rotatable bonds is 8. The van der Waals surface area contributed by atoms with Crippen molar-refractivity contribution in [3.8, 4) is 50.2 Å². The van der Waals surface area contributed by atoms with Gasteiger partial charge in [-0.15, -0.1) is 0 Å². The van der Waals surface area contributed by atoms with Crippen molar-refractivity contribution in [2.24, 2.45) is 0 Å². The average molecular weight is 1040 g/mol. The molecule has 0 saturated heterocycles. The number of hydrogen-bond acceptors (Lipinski definition) is 4. The Labute approximate surface area is 462 Å². The molecular formula is C72H43N5O4. The Kier molecular flexibility index (Phi) is 9.37. The van der Waals surface area contributed by atoms with E-state index in [0.29, 0.717) is 11.1 Å². The Hall–Kier alpha value is -10.9. The molecule has 9 nitrogen and oxygen atoms in total. The number of benzene rings is 11. The predicted octanol–water partition coefficient (Wildman–Crippen LogP) is 18.8. The molecule has 0 fully saturated rings. The van der Waals surface area contributed by atoms with Gasteiger partial charge >= 0.3 is 0 Å². The zero-order valence-electron chi connectivity index (χ0n) is 43.2. The second kappa shape index (κ2) is 16.8. The number of hydrogen-bond donors (Lipinski definition) is 0. The molecule has 11 aromatic carbocycles. The Morgan fingerprint density at radius 1 is 0.383 bits per heavy atom. The first-order chi connectivity index (χ1) is 39.9. The van der Waals surface area contributed by atoms with E-state index in [1.54, 1.807) is 18.2 Å². The van der Waals surface area contributed by atoms with Crippen molar-refractivity contribution in [3.05, 3.63) is 280 Å². The summed E-state index contributed by atoms with van der Waals surface area (Å²) >= 11 is 0. The predicted molar refractivity (Wildman–Crippen MR) is 329 cm³/mol. The van der Waals surface area contributed by atoms with Crippen LogP contribution in [0.4, 0.5) is 11.4 Å². The monoisotopic (exact) mass is 1040 g/mol. The van der Waals surface area contributed by atoms with Crippen LogP contribution < -0.4 is 0 Å². The molecule has 0 bridgehead atoms. The van der Waals surface area contributed by atoms with Gasteiger partial charge in [-0.05, 0) is 129 Å². The molecule has 0 amide bonds. The van der Waals surface area contributed by atoms with Gasteiger partial charge in [0.25, 0.3) is 11.4 Å². The maximum atomic E-state index is 13.2. The first kappa shape index (κ1) is 45.2. The molecule has 380 valence electrons. The molecule has 0 N–H and O–H groups in total. The highest BCUT2D eigenvalue weighted by atomic mass is 16.6. The summed E-state index contributed by atoms with van der Waals surface area (Å²) in [5, 5.41) is 34.3. The van der Waals surface area contributed by atoms with Gasteiger partial charge < -0.3 is 13.5 Å². The van der Waals surface area contributed by atoms with Crippen molar-refractivity contribution in [1.82, 2.24) is 13.5 Å². The van der Waals surface area contributed by atoms with E-state index < -0.39 is 0 Å². The summed E-state index contributed by atoms with van der Waals surface area (Å²) < 4.78 is 7.05. The minimum atomic E-state index is -0.299. The second-order valence-electron chi connectivity index (χ2n) is 21.6. The lowest BCUT2D eigenvalue weighted by molar-refractivity contribution is -0.385. The van der Waals surface area contributed by atoms with Crippen molar-refractivity contribution < 1.29 is 9.85 Å². The van der Waals surface area contributed by atoms with Gasteiger partial charge in [0, 0.05) is 72.3 Å². The normalized spacial score (nSPS) is 14.9. The van der Waals surface area contributed by atoms with Crippen LogP contribution in [0.15, 0.2) is 249 Å². The lowest BCUT2D eigenvalue weighted by Crippen LogP contribution is -2.14. The molecule has 9 heteroatoms. The highest BCUT2D eigenvalue weighted by molar-refractivity contribution is 6.26. The van der Waals surface area contributed by atoms with Crippen LogP contribution in [0.1, 0.15) is 23.1 Å². The van der Waals surface area contributed by atoms with Crippen LogP contribution in [0.3, 0.4) is 0 Å². The van der Waals surface area contributed by atoms with Crippen molar-refractivity contribution in [2.75, 3.05) is 0 Å². The van der Waals surface area contributed by atoms with Gasteiger partial charge in [0.1, 0.15) is 0 Å². The highest BCUT2D eigenvalue weighted by Gasteiger charge is 2.40. The number of nitrogens with zero attached hydrogens (tertiary/aromatic N) is 5. The third-order valence-electron chi connectivity index (χ3n) is 17.5. The first-order valence-corrected chi connectivity index (χ1v) is 27.2. The lowest BCUT2D eigenvalue weighted by Gasteiger charge is -2.26. The van der Waals surface area contributed by atoms with E-state index in [-0.39, 0.29) is 33.2 Å². The summed E-state index contributed by atoms with van der Waals surface area (Å²) in [5.41, 5.74) is 19.3. The third-order valence-corrected chi connectivity index (χ3v) is 17.5. The number of allylic oxidation sites excluding steroid dienone is 4. The fourth-order valence-electron chi connectivity index (χ4n) is 14.2. The molecule has 2 aliphatic rings. The molecule has 81 heavy (non-hydrogen) atoms. The molecule has 1 aliphatic heterocycles. The van der Waals surface area contributed by atoms with Gasteiger partial charge in [0.05, 0.1) is 60.1 Å². The Morgan fingerprint density at radius 3 is 1.73 bits per heavy atom. The number of fused-ring (bicyclic) bond motifs is 15. The van der Waals surface area contributed by atoms with Crippen LogP contribution in [0.5, 0.6) is 0 Å². The van der Waals surface area contributed by atoms with Crippen LogP contribution >= 0.6 is 0 Å². The van der Waals surface area contributed by atoms with Crippen molar-refractivity contribution >= 4 is 98.7 Å². The molecular weight excluding hydrogens is 999 g/mol. The second-order valence-corrected chi connectivity index (χ2v) is 21.6. The van der Waals surface area contributed by atoms with Crippen LogP contribution in [0.2, 0.25) is 0 Å². The summed E-state index contributed by atoms with van der Waals surface area (Å²) in [6.07, 6.45) is 6.40. The van der Waals surface area contributed by atoms with Crippen LogP contribution in [-0.4, -0.2) is 23.4 Å². The van der Waals surface area contributed by atoms with Gasteiger partial charge in [-0.25, -0.2) is 0 Å². The zero-order valence-corrected chi connectivity index (χ0v) is 43.2. The highest BCUT2D eigenvalue weighted by Crippen LogP contribution is 2.56. The van der Waals surface area contributed by atoms with E-state index in [1.165, 1.54) is 10.9 Å². The fraction of sp³-hybridized carbons (Fsp3) is 0.0278. The van der Waals surface area contributed by atoms with E-state index in [4.69, 9.17) is 0 Å². The number of para-hydroxylation sites is 5. The van der Waals surface area contributed by atoms with Crippen LogP contribution in [0, 0.1) is 20.2 Å². The molecule has 4 aromatic heterocycles. The quantitative estimate of drug-likeness (QED) is 0.112. The third kappa shape index (κ3) is 6.36. The van der Waals surface area contributed by atoms with Crippen LogP contribution in [0.25, 0.3) is 137 Å². The van der Waals surface area contributed by atoms with E-state index in [2.05, 4.69) is 202 Å². The van der Waals surface area contributed by atoms with Crippen molar-refractivity contribution in [2.45, 2.75) is 12.0 Å². The Morgan fingerprint density at radius 2 is 0.938 bits per heavy atom. The molecule has 2 atom stereocenters. The van der Waals surface area contributed by atoms with E-state index >= 15 is 0 Å². The first-order valence-electron chi connectivity index (χ1n) is 27.2. The summed E-state index contributed by atoms with van der Waals surface area (Å²) in [4.78, 5) is 24.9. The van der Waals surface area contributed by atoms with Crippen molar-refractivity contribution in [1.29, 1.82) is 0 Å². The van der Waals surface area contributed by atoms with E-state index in [9.17, 15) is 20.2 Å². The number of nitro groups is 2. The lowest BCUT2D eigenvalue weighted by atomic mass is 9.79. The van der Waals surface area contributed by atoms with Crippen LogP contribution in [-0.2, 0) is 0 Å². The number of nitro benzene ring substituents is 2. The molecule has 1 aliphatic carbocycles. The Bertz CT molecular complexity index is 5330. The molecule has 0 spiro atoms. The van der Waals surface area contributed by atoms with Crippen molar-refractivity contribution in [3.63, 3.8) is 0 Å². The largest absolute Gasteiger partial charge is 0.332 e. The Balaban J connectivity index is 0.716.